The first-order valence-electron chi connectivity index (χ1n) is 11.0. The van der Waals surface area contributed by atoms with Gasteiger partial charge in [0.25, 0.3) is 0 Å². The lowest BCUT2D eigenvalue weighted by molar-refractivity contribution is -0.137. The van der Waals surface area contributed by atoms with Crippen LogP contribution in [0.2, 0.25) is 0 Å². The molecule has 0 saturated heterocycles. The largest absolute Gasteiger partial charge is 0.489 e. The molecule has 0 saturated carbocycles. The fraction of sp³-hybridized carbons (Fsp3) is 0.292. The van der Waals surface area contributed by atoms with Crippen molar-refractivity contribution in [2.45, 2.75) is 23.2 Å². The van der Waals surface area contributed by atoms with Crippen LogP contribution in [0.4, 0.5) is 24.5 Å². The van der Waals surface area contributed by atoms with Gasteiger partial charge in [-0.1, -0.05) is 6.08 Å². The minimum atomic E-state index is -4.45. The zero-order valence-electron chi connectivity index (χ0n) is 18.5. The molecule has 184 valence electrons. The summed E-state index contributed by atoms with van der Waals surface area (Å²) in [5, 5.41) is 3.19. The topological polar surface area (TPSA) is 71.5 Å². The van der Waals surface area contributed by atoms with E-state index in [1.54, 1.807) is 11.6 Å². The molecule has 35 heavy (non-hydrogen) atoms. The standard InChI is InChI=1S/C24H22F3N3O3S2/c25-24(26,27)17-1-3-21(20(11-17)16-5-7-28-8-6-16)30-9-10-33-23-12-19(2-4-22(23)30)35(31,32)14-18-13-29-15-34-18/h1-5,11-13,15,28H,6-10,14H2. The predicted molar refractivity (Wildman–Crippen MR) is 129 cm³/mol. The highest BCUT2D eigenvalue weighted by Gasteiger charge is 2.33. The molecule has 11 heteroatoms. The molecule has 2 aliphatic rings. The Bertz CT molecular complexity index is 1370. The van der Waals surface area contributed by atoms with E-state index in [0.717, 1.165) is 11.6 Å². The SMILES string of the molecule is O=S(=O)(Cc1cncs1)c1ccc2c(c1)OCCN2c1ccc(C(F)(F)F)cc1C1=CCNCC1. The van der Waals surface area contributed by atoms with Gasteiger partial charge in [-0.2, -0.15) is 13.2 Å². The van der Waals surface area contributed by atoms with Crippen LogP contribution in [0.3, 0.4) is 0 Å². The van der Waals surface area contributed by atoms with Crippen molar-refractivity contribution in [1.29, 1.82) is 0 Å². The molecule has 0 unspecified atom stereocenters. The van der Waals surface area contributed by atoms with E-state index in [2.05, 4.69) is 10.3 Å². The van der Waals surface area contributed by atoms with Gasteiger partial charge in [0.1, 0.15) is 12.4 Å². The molecule has 0 bridgehead atoms. The number of rotatable bonds is 5. The Labute approximate surface area is 205 Å². The monoisotopic (exact) mass is 521 g/mol. The molecule has 1 N–H and O–H groups in total. The number of halogens is 3. The van der Waals surface area contributed by atoms with E-state index in [-0.39, 0.29) is 17.3 Å². The molecule has 0 amide bonds. The van der Waals surface area contributed by atoms with Gasteiger partial charge in [0.2, 0.25) is 0 Å². The Morgan fingerprint density at radius 1 is 1.14 bits per heavy atom. The normalized spacial score (nSPS) is 16.4. The molecule has 2 aliphatic heterocycles. The zero-order valence-corrected chi connectivity index (χ0v) is 20.1. The molecule has 0 atom stereocenters. The van der Waals surface area contributed by atoms with Crippen LogP contribution in [0.5, 0.6) is 5.75 Å². The van der Waals surface area contributed by atoms with Crippen LogP contribution in [0.25, 0.3) is 5.57 Å². The number of thiazole rings is 1. The lowest BCUT2D eigenvalue weighted by Gasteiger charge is -2.34. The van der Waals surface area contributed by atoms with Crippen LogP contribution in [-0.4, -0.2) is 39.6 Å². The minimum absolute atomic E-state index is 0.125. The van der Waals surface area contributed by atoms with E-state index in [4.69, 9.17) is 4.74 Å². The van der Waals surface area contributed by atoms with Gasteiger partial charge in [-0.3, -0.25) is 4.98 Å². The van der Waals surface area contributed by atoms with Gasteiger partial charge in [0, 0.05) is 34.9 Å². The molecule has 0 radical (unpaired) electrons. The summed E-state index contributed by atoms with van der Waals surface area (Å²) in [4.78, 5) is 6.58. The van der Waals surface area contributed by atoms with Gasteiger partial charge in [-0.05, 0) is 48.9 Å². The van der Waals surface area contributed by atoms with Crippen LogP contribution < -0.4 is 15.0 Å². The van der Waals surface area contributed by atoms with Gasteiger partial charge in [0.15, 0.2) is 9.84 Å². The van der Waals surface area contributed by atoms with Crippen molar-refractivity contribution in [3.63, 3.8) is 0 Å². The van der Waals surface area contributed by atoms with Crippen LogP contribution in [0.15, 0.2) is 59.1 Å². The Kier molecular flexibility index (Phi) is 6.32. The van der Waals surface area contributed by atoms with E-state index in [9.17, 15) is 21.6 Å². The average Bonchev–Trinajstić information content (AvgIpc) is 3.35. The number of nitrogens with one attached hydrogen (secondary N) is 1. The smallest absolute Gasteiger partial charge is 0.416 e. The van der Waals surface area contributed by atoms with Crippen molar-refractivity contribution in [2.75, 3.05) is 31.1 Å². The summed E-state index contributed by atoms with van der Waals surface area (Å²) in [5.74, 6) is 0.220. The Balaban J connectivity index is 1.54. The third-order valence-corrected chi connectivity index (χ3v) is 8.62. The van der Waals surface area contributed by atoms with Gasteiger partial charge < -0.3 is 15.0 Å². The van der Waals surface area contributed by atoms with E-state index in [1.165, 1.54) is 41.8 Å². The summed E-state index contributed by atoms with van der Waals surface area (Å²) in [6, 6.07) is 8.45. The van der Waals surface area contributed by atoms with Crippen molar-refractivity contribution >= 4 is 38.1 Å². The van der Waals surface area contributed by atoms with Crippen molar-refractivity contribution in [2.24, 2.45) is 0 Å². The molecule has 3 aromatic rings. The molecule has 6 nitrogen and oxygen atoms in total. The molecule has 0 aliphatic carbocycles. The maximum absolute atomic E-state index is 13.5. The van der Waals surface area contributed by atoms with Gasteiger partial charge in [-0.25, -0.2) is 8.42 Å². The summed E-state index contributed by atoms with van der Waals surface area (Å²) in [6.45, 7) is 1.96. The Hall–Kier alpha value is -2.89. The molecule has 2 aromatic carbocycles. The number of sulfone groups is 1. The molecule has 3 heterocycles. The number of anilines is 2. The lowest BCUT2D eigenvalue weighted by atomic mass is 9.95. The van der Waals surface area contributed by atoms with E-state index >= 15 is 0 Å². The lowest BCUT2D eigenvalue weighted by Crippen LogP contribution is -2.30. The molecule has 0 spiro atoms. The quantitative estimate of drug-likeness (QED) is 0.507. The molecule has 5 rings (SSSR count). The molecule has 1 aromatic heterocycles. The number of hydrogen-bond acceptors (Lipinski definition) is 7. The van der Waals surface area contributed by atoms with Crippen LogP contribution in [0, 0.1) is 0 Å². The highest BCUT2D eigenvalue weighted by atomic mass is 32.2. The van der Waals surface area contributed by atoms with Crippen molar-refractivity contribution < 1.29 is 26.3 Å². The van der Waals surface area contributed by atoms with E-state index < -0.39 is 21.6 Å². The number of ether oxygens (including phenoxy) is 1. The number of benzene rings is 2. The maximum Gasteiger partial charge on any atom is 0.416 e. The third kappa shape index (κ3) is 4.93. The Morgan fingerprint density at radius 2 is 1.97 bits per heavy atom. The molecule has 0 fully saturated rings. The number of hydrogen-bond donors (Lipinski definition) is 1. The number of aromatic nitrogens is 1. The molecular formula is C24H22F3N3O3S2. The van der Waals surface area contributed by atoms with E-state index in [0.29, 0.717) is 53.6 Å². The van der Waals surface area contributed by atoms with Crippen molar-refractivity contribution in [3.05, 3.63) is 70.2 Å². The minimum Gasteiger partial charge on any atom is -0.489 e. The summed E-state index contributed by atoms with van der Waals surface area (Å²) in [7, 11) is -3.62. The summed E-state index contributed by atoms with van der Waals surface area (Å²) in [5.41, 5.74) is 3.50. The van der Waals surface area contributed by atoms with Crippen LogP contribution >= 0.6 is 11.3 Å². The first kappa shape index (κ1) is 23.8. The first-order chi connectivity index (χ1) is 16.7. The molecular weight excluding hydrogens is 499 g/mol. The second kappa shape index (κ2) is 9.29. The average molecular weight is 522 g/mol. The van der Waals surface area contributed by atoms with E-state index in [1.807, 2.05) is 11.0 Å². The maximum atomic E-state index is 13.5. The van der Waals surface area contributed by atoms with Gasteiger partial charge in [-0.15, -0.1) is 11.3 Å². The predicted octanol–water partition coefficient (Wildman–Crippen LogP) is 5.04. The third-order valence-electron chi connectivity index (χ3n) is 5.99. The fourth-order valence-corrected chi connectivity index (χ4v) is 6.59. The Morgan fingerprint density at radius 3 is 2.69 bits per heavy atom. The van der Waals surface area contributed by atoms with Crippen LogP contribution in [-0.2, 0) is 21.8 Å². The fourth-order valence-electron chi connectivity index (χ4n) is 4.30. The number of nitrogens with zero attached hydrogens (tertiary/aromatic N) is 2. The second-order valence-corrected chi connectivity index (χ2v) is 11.2. The number of fused-ring (bicyclic) bond motifs is 1. The van der Waals surface area contributed by atoms with Gasteiger partial charge in [0.05, 0.1) is 34.0 Å². The zero-order chi connectivity index (χ0) is 24.6. The summed E-state index contributed by atoms with van der Waals surface area (Å²) >= 11 is 1.27. The first-order valence-corrected chi connectivity index (χ1v) is 13.5. The highest BCUT2D eigenvalue weighted by molar-refractivity contribution is 7.90. The van der Waals surface area contributed by atoms with Crippen LogP contribution in [0.1, 0.15) is 22.4 Å². The highest BCUT2D eigenvalue weighted by Crippen LogP contribution is 2.43. The second-order valence-electron chi connectivity index (χ2n) is 8.27. The summed E-state index contributed by atoms with van der Waals surface area (Å²) < 4.78 is 72.2. The van der Waals surface area contributed by atoms with Crippen molar-refractivity contribution in [3.8, 4) is 5.75 Å². The van der Waals surface area contributed by atoms with Gasteiger partial charge >= 0.3 is 6.18 Å². The van der Waals surface area contributed by atoms with Crippen molar-refractivity contribution in [1.82, 2.24) is 10.3 Å². The number of alkyl halides is 3. The summed E-state index contributed by atoms with van der Waals surface area (Å²) in [6.07, 6.45) is -0.398.